The van der Waals surface area contributed by atoms with Gasteiger partial charge in [-0.3, -0.25) is 0 Å². The first-order chi connectivity index (χ1) is 27.9. The lowest BCUT2D eigenvalue weighted by atomic mass is 9.74. The van der Waals surface area contributed by atoms with E-state index >= 15 is 0 Å². The Morgan fingerprint density at radius 2 is 1.28 bits per heavy atom. The molecule has 17 heteroatoms. The SMILES string of the molecule is C[C@H]1[C@H]([C@H](C)[C@@H](O)[C@@H](C)[C@H](C)O)O[C@@H]2[C@H](C)[C@@H]1OC(=O)/C=C/C[C@H](O)C[C@H](O)C[C@@H](O)CC[C@@H](C)[C@H](O)C[C@]1(O)O[C@H](C[C@@H](O)C[C@H](O)CCC[C@H](O)[C@@H]2O)C[C@H](O)[C@H]1O. The summed E-state index contributed by atoms with van der Waals surface area (Å²) in [6, 6.07) is 0. The first-order valence-electron chi connectivity index (χ1n) is 22.0. The molecular formula is C43H78O17. The van der Waals surface area contributed by atoms with Crippen LogP contribution in [0.1, 0.15) is 119 Å². The van der Waals surface area contributed by atoms with E-state index in [0.29, 0.717) is 0 Å². The first-order valence-corrected chi connectivity index (χ1v) is 22.0. The topological polar surface area (TPSA) is 308 Å². The molecule has 0 amide bonds. The molecule has 0 aromatic heterocycles. The summed E-state index contributed by atoms with van der Waals surface area (Å²) < 4.78 is 18.1. The minimum Gasteiger partial charge on any atom is -0.458 e. The molecule has 22 atom stereocenters. The third-order valence-corrected chi connectivity index (χ3v) is 13.4. The Hall–Kier alpha value is -1.39. The van der Waals surface area contributed by atoms with Crippen LogP contribution in [0.4, 0.5) is 0 Å². The molecule has 60 heavy (non-hydrogen) atoms. The second-order valence-corrected chi connectivity index (χ2v) is 18.6. The molecule has 3 rings (SSSR count). The van der Waals surface area contributed by atoms with Crippen molar-refractivity contribution in [3.8, 4) is 0 Å². The maximum Gasteiger partial charge on any atom is 0.330 e. The molecule has 0 spiro atoms. The minimum atomic E-state index is -2.37. The molecule has 3 aliphatic rings. The van der Waals surface area contributed by atoms with Crippen LogP contribution < -0.4 is 0 Å². The number of rotatable bonds is 4. The van der Waals surface area contributed by atoms with Crippen molar-refractivity contribution in [2.45, 2.75) is 222 Å². The highest BCUT2D eigenvalue weighted by Crippen LogP contribution is 2.40. The van der Waals surface area contributed by atoms with E-state index in [2.05, 4.69) is 0 Å². The van der Waals surface area contributed by atoms with Crippen LogP contribution in [0, 0.1) is 29.6 Å². The van der Waals surface area contributed by atoms with E-state index in [1.807, 2.05) is 0 Å². The quantitative estimate of drug-likeness (QED) is 0.159. The molecule has 17 nitrogen and oxygen atoms in total. The number of hydrogen-bond acceptors (Lipinski definition) is 17. The zero-order valence-electron chi connectivity index (χ0n) is 36.2. The number of ether oxygens (including phenoxy) is 3. The van der Waals surface area contributed by atoms with Crippen molar-refractivity contribution in [3.05, 3.63) is 12.2 Å². The van der Waals surface area contributed by atoms with Crippen molar-refractivity contribution in [2.24, 2.45) is 29.6 Å². The van der Waals surface area contributed by atoms with Gasteiger partial charge < -0.3 is 80.6 Å². The van der Waals surface area contributed by atoms with Gasteiger partial charge in [0.05, 0.1) is 79.4 Å². The molecule has 13 N–H and O–H groups in total. The van der Waals surface area contributed by atoms with Crippen LogP contribution in [0.2, 0.25) is 0 Å². The number of hydrogen-bond donors (Lipinski definition) is 13. The van der Waals surface area contributed by atoms with Crippen molar-refractivity contribution in [1.29, 1.82) is 0 Å². The molecule has 2 saturated heterocycles. The fourth-order valence-electron chi connectivity index (χ4n) is 9.23. The summed E-state index contributed by atoms with van der Waals surface area (Å²) in [5.41, 5.74) is 0. The third-order valence-electron chi connectivity index (χ3n) is 13.4. The number of aliphatic hydroxyl groups excluding tert-OH is 12. The number of aliphatic hydroxyl groups is 13. The van der Waals surface area contributed by atoms with Crippen LogP contribution in [-0.4, -0.2) is 176 Å². The predicted octanol–water partition coefficient (Wildman–Crippen LogP) is -0.465. The third kappa shape index (κ3) is 15.1. The van der Waals surface area contributed by atoms with Gasteiger partial charge in [-0.05, 0) is 77.0 Å². The summed E-state index contributed by atoms with van der Waals surface area (Å²) in [5, 5.41) is 141. The van der Waals surface area contributed by atoms with Gasteiger partial charge in [-0.25, -0.2) is 4.79 Å². The second-order valence-electron chi connectivity index (χ2n) is 18.6. The highest BCUT2D eigenvalue weighted by atomic mass is 16.7. The lowest BCUT2D eigenvalue weighted by Gasteiger charge is -2.49. The standard InChI is InChI=1S/C43H78O17/c1-21-13-14-29(47)17-30(48)15-28(46)10-8-12-36(53)58-40-24(4)39(23(3)37(54)22(2)26(6)44)59-41(25(40)5)38(55)33(50)11-7-9-27(45)16-31(49)18-32-19-34(51)42(56)43(57,60-32)20-35(21)52/h8,12,21-35,37-42,44-52,54-57H,7,9-11,13-20H2,1-6H3/b12-8+/t21-,22+,23-,24+,25-,26+,27-,28+,29+,30+,31+,32-,33+,34+,35-,37+,38+,39+,40-,41-,42-,43+/m1/s1. The van der Waals surface area contributed by atoms with E-state index in [4.69, 9.17) is 14.2 Å². The molecule has 0 saturated carbocycles. The Morgan fingerprint density at radius 3 is 1.92 bits per heavy atom. The summed E-state index contributed by atoms with van der Waals surface area (Å²) in [6.45, 7) is 10.1. The van der Waals surface area contributed by atoms with Gasteiger partial charge >= 0.3 is 5.97 Å². The number of carbonyl (C=O) groups is 1. The number of carbonyl (C=O) groups excluding carboxylic acids is 1. The highest BCUT2D eigenvalue weighted by Gasteiger charge is 2.51. The fraction of sp³-hybridized carbons (Fsp3) is 0.930. The van der Waals surface area contributed by atoms with Gasteiger partial charge in [-0.15, -0.1) is 0 Å². The summed E-state index contributed by atoms with van der Waals surface area (Å²) >= 11 is 0. The summed E-state index contributed by atoms with van der Waals surface area (Å²) in [6.07, 6.45) is -16.1. The predicted molar refractivity (Wildman–Crippen MR) is 216 cm³/mol. The first kappa shape index (κ1) is 53.0. The second kappa shape index (κ2) is 24.1. The van der Waals surface area contributed by atoms with Gasteiger partial charge in [-0.1, -0.05) is 40.7 Å². The van der Waals surface area contributed by atoms with Crippen LogP contribution >= 0.6 is 0 Å². The Labute approximate surface area is 354 Å². The molecule has 3 heterocycles. The van der Waals surface area contributed by atoms with E-state index in [9.17, 15) is 71.2 Å². The normalized spacial score (nSPS) is 45.9. The summed E-state index contributed by atoms with van der Waals surface area (Å²) in [5.74, 6) is -5.97. The zero-order chi connectivity index (χ0) is 45.2. The molecule has 0 radical (unpaired) electrons. The van der Waals surface area contributed by atoms with E-state index in [1.165, 1.54) is 6.08 Å². The number of esters is 1. The van der Waals surface area contributed by atoms with Crippen molar-refractivity contribution in [3.63, 3.8) is 0 Å². The average molecular weight is 867 g/mol. The fourth-order valence-corrected chi connectivity index (χ4v) is 9.23. The van der Waals surface area contributed by atoms with Crippen molar-refractivity contribution < 1.29 is 85.4 Å². The zero-order valence-corrected chi connectivity index (χ0v) is 36.2. The summed E-state index contributed by atoms with van der Waals surface area (Å²) in [4.78, 5) is 13.2. The molecule has 0 aromatic rings. The van der Waals surface area contributed by atoms with E-state index in [0.717, 1.165) is 6.08 Å². The molecule has 0 unspecified atom stereocenters. The van der Waals surface area contributed by atoms with Crippen molar-refractivity contribution in [1.82, 2.24) is 0 Å². The van der Waals surface area contributed by atoms with Gasteiger partial charge in [0, 0.05) is 42.6 Å². The molecule has 0 aromatic carbocycles. The molecule has 4 bridgehead atoms. The van der Waals surface area contributed by atoms with Crippen molar-refractivity contribution in [2.75, 3.05) is 0 Å². The lowest BCUT2D eigenvalue weighted by molar-refractivity contribution is -0.333. The molecule has 352 valence electrons. The Kier molecular flexibility index (Phi) is 21.2. The van der Waals surface area contributed by atoms with Crippen molar-refractivity contribution >= 4 is 5.97 Å². The van der Waals surface area contributed by atoms with E-state index in [1.54, 1.807) is 41.5 Å². The molecule has 3 aliphatic heterocycles. The van der Waals surface area contributed by atoms with Crippen LogP contribution in [0.25, 0.3) is 0 Å². The molecule has 0 aliphatic carbocycles. The van der Waals surface area contributed by atoms with Gasteiger partial charge in [0.15, 0.2) is 5.79 Å². The van der Waals surface area contributed by atoms with Crippen LogP contribution in [0.5, 0.6) is 0 Å². The smallest absolute Gasteiger partial charge is 0.330 e. The van der Waals surface area contributed by atoms with Gasteiger partial charge in [0.2, 0.25) is 0 Å². The Balaban J connectivity index is 1.83. The largest absolute Gasteiger partial charge is 0.458 e. The Morgan fingerprint density at radius 1 is 0.683 bits per heavy atom. The minimum absolute atomic E-state index is 0.0190. The summed E-state index contributed by atoms with van der Waals surface area (Å²) in [7, 11) is 0. The molecule has 2 fully saturated rings. The highest BCUT2D eigenvalue weighted by molar-refractivity contribution is 5.82. The average Bonchev–Trinajstić information content (AvgIpc) is 3.15. The lowest BCUT2D eigenvalue weighted by Crippen LogP contribution is -2.59. The number of fused-ring (bicyclic) bond motifs is 4. The Bertz CT molecular complexity index is 1290. The van der Waals surface area contributed by atoms with Gasteiger partial charge in [-0.2, -0.15) is 0 Å². The van der Waals surface area contributed by atoms with E-state index < -0.39 is 145 Å². The van der Waals surface area contributed by atoms with Gasteiger partial charge in [0.1, 0.15) is 18.3 Å². The van der Waals surface area contributed by atoms with Crippen LogP contribution in [0.15, 0.2) is 12.2 Å². The monoisotopic (exact) mass is 867 g/mol. The van der Waals surface area contributed by atoms with E-state index in [-0.39, 0.29) is 70.6 Å². The molecular weight excluding hydrogens is 788 g/mol. The van der Waals surface area contributed by atoms with Crippen LogP contribution in [-0.2, 0) is 19.0 Å². The van der Waals surface area contributed by atoms with Gasteiger partial charge in [0.25, 0.3) is 0 Å². The maximum absolute atomic E-state index is 13.2. The van der Waals surface area contributed by atoms with Crippen LogP contribution in [0.3, 0.4) is 0 Å². The maximum atomic E-state index is 13.2.